The Labute approximate surface area is 117 Å². The number of rotatable bonds is 3. The van der Waals surface area contributed by atoms with Gasteiger partial charge in [-0.15, -0.1) is 0 Å². The summed E-state index contributed by atoms with van der Waals surface area (Å²) >= 11 is 0. The molecule has 0 amide bonds. The number of fused-ring (bicyclic) bond motifs is 1. The topological polar surface area (TPSA) is 51.5 Å². The molecule has 4 nitrogen and oxygen atoms in total. The second kappa shape index (κ2) is 5.54. The quantitative estimate of drug-likeness (QED) is 0.858. The van der Waals surface area contributed by atoms with Gasteiger partial charge in [-0.05, 0) is 18.2 Å². The first-order chi connectivity index (χ1) is 9.86. The SMILES string of the molecule is N#Cc1ccccc1COc1ccc2c(c1)OCCO2. The molecule has 100 valence electrons. The predicted octanol–water partition coefficient (Wildman–Crippen LogP) is 2.91. The van der Waals surface area contributed by atoms with Crippen LogP contribution in [0.3, 0.4) is 0 Å². The minimum atomic E-state index is 0.351. The zero-order valence-corrected chi connectivity index (χ0v) is 10.8. The van der Waals surface area contributed by atoms with E-state index in [1.165, 1.54) is 0 Å². The maximum Gasteiger partial charge on any atom is 0.165 e. The highest BCUT2D eigenvalue weighted by Gasteiger charge is 2.12. The second-order valence-electron chi connectivity index (χ2n) is 4.36. The fourth-order valence-electron chi connectivity index (χ4n) is 2.03. The van der Waals surface area contributed by atoms with Gasteiger partial charge in [-0.2, -0.15) is 5.26 Å². The van der Waals surface area contributed by atoms with Crippen molar-refractivity contribution in [3.8, 4) is 23.3 Å². The molecule has 0 spiro atoms. The van der Waals surface area contributed by atoms with Crippen molar-refractivity contribution in [2.45, 2.75) is 6.61 Å². The summed E-state index contributed by atoms with van der Waals surface area (Å²) < 4.78 is 16.7. The molecule has 1 aliphatic rings. The summed E-state index contributed by atoms with van der Waals surface area (Å²) in [6, 6.07) is 15.0. The first kappa shape index (κ1) is 12.4. The number of ether oxygens (including phenoxy) is 3. The van der Waals surface area contributed by atoms with Crippen molar-refractivity contribution >= 4 is 0 Å². The Hall–Kier alpha value is -2.67. The van der Waals surface area contributed by atoms with E-state index in [1.54, 1.807) is 6.07 Å². The second-order valence-corrected chi connectivity index (χ2v) is 4.36. The molecule has 3 rings (SSSR count). The molecule has 2 aromatic carbocycles. The molecule has 4 heteroatoms. The van der Waals surface area contributed by atoms with Gasteiger partial charge in [0.15, 0.2) is 11.5 Å². The minimum absolute atomic E-state index is 0.351. The molecule has 0 saturated heterocycles. The number of hydrogen-bond donors (Lipinski definition) is 0. The van der Waals surface area contributed by atoms with Gasteiger partial charge in [-0.3, -0.25) is 0 Å². The molecule has 0 unspecified atom stereocenters. The molecule has 20 heavy (non-hydrogen) atoms. The molecular formula is C16H13NO3. The van der Waals surface area contributed by atoms with Crippen LogP contribution in [0.5, 0.6) is 17.2 Å². The predicted molar refractivity (Wildman–Crippen MR) is 72.9 cm³/mol. The molecule has 0 bridgehead atoms. The van der Waals surface area contributed by atoms with Crippen LogP contribution in [0.25, 0.3) is 0 Å². The average molecular weight is 267 g/mol. The molecular weight excluding hydrogens is 254 g/mol. The van der Waals surface area contributed by atoms with Crippen LogP contribution in [0.15, 0.2) is 42.5 Å². The van der Waals surface area contributed by atoms with Gasteiger partial charge in [-0.1, -0.05) is 18.2 Å². The molecule has 1 aliphatic heterocycles. The molecule has 0 aliphatic carbocycles. The molecule has 0 fully saturated rings. The highest BCUT2D eigenvalue weighted by Crippen LogP contribution is 2.33. The lowest BCUT2D eigenvalue weighted by molar-refractivity contribution is 0.170. The van der Waals surface area contributed by atoms with Gasteiger partial charge in [0.25, 0.3) is 0 Å². The van der Waals surface area contributed by atoms with Crippen LogP contribution in [-0.4, -0.2) is 13.2 Å². The van der Waals surface area contributed by atoms with Gasteiger partial charge >= 0.3 is 0 Å². The summed E-state index contributed by atoms with van der Waals surface area (Å²) in [6.07, 6.45) is 0. The Morgan fingerprint density at radius 1 is 1.05 bits per heavy atom. The van der Waals surface area contributed by atoms with Crippen LogP contribution in [0.2, 0.25) is 0 Å². The van der Waals surface area contributed by atoms with E-state index in [-0.39, 0.29) is 0 Å². The molecule has 0 saturated carbocycles. The average Bonchev–Trinajstić information content (AvgIpc) is 2.53. The summed E-state index contributed by atoms with van der Waals surface area (Å²) in [6.45, 7) is 1.47. The maximum atomic E-state index is 9.03. The van der Waals surface area contributed by atoms with Crippen molar-refractivity contribution in [2.75, 3.05) is 13.2 Å². The minimum Gasteiger partial charge on any atom is -0.489 e. The van der Waals surface area contributed by atoms with Gasteiger partial charge in [0.2, 0.25) is 0 Å². The third-order valence-electron chi connectivity index (χ3n) is 3.05. The smallest absolute Gasteiger partial charge is 0.165 e. The van der Waals surface area contributed by atoms with E-state index in [9.17, 15) is 0 Å². The molecule has 0 N–H and O–H groups in total. The summed E-state index contributed by atoms with van der Waals surface area (Å²) in [4.78, 5) is 0. The highest BCUT2D eigenvalue weighted by molar-refractivity contribution is 5.46. The lowest BCUT2D eigenvalue weighted by atomic mass is 10.1. The van der Waals surface area contributed by atoms with Crippen molar-refractivity contribution in [2.24, 2.45) is 0 Å². The Morgan fingerprint density at radius 3 is 2.70 bits per heavy atom. The largest absolute Gasteiger partial charge is 0.489 e. The van der Waals surface area contributed by atoms with Gasteiger partial charge in [0.05, 0.1) is 11.6 Å². The molecule has 0 radical (unpaired) electrons. The monoisotopic (exact) mass is 267 g/mol. The van der Waals surface area contributed by atoms with E-state index in [2.05, 4.69) is 6.07 Å². The van der Waals surface area contributed by atoms with E-state index in [0.29, 0.717) is 36.9 Å². The van der Waals surface area contributed by atoms with Gasteiger partial charge in [0, 0.05) is 11.6 Å². The van der Waals surface area contributed by atoms with Crippen molar-refractivity contribution in [1.29, 1.82) is 5.26 Å². The van der Waals surface area contributed by atoms with E-state index >= 15 is 0 Å². The lowest BCUT2D eigenvalue weighted by Gasteiger charge is -2.19. The van der Waals surface area contributed by atoms with Crippen molar-refractivity contribution < 1.29 is 14.2 Å². The third-order valence-corrected chi connectivity index (χ3v) is 3.05. The highest BCUT2D eigenvalue weighted by atomic mass is 16.6. The summed E-state index contributed by atoms with van der Waals surface area (Å²) in [7, 11) is 0. The number of nitrogens with zero attached hydrogens (tertiary/aromatic N) is 1. The van der Waals surface area contributed by atoms with Crippen LogP contribution in [-0.2, 0) is 6.61 Å². The Kier molecular flexibility index (Phi) is 3.42. The Bertz CT molecular complexity index is 661. The maximum absolute atomic E-state index is 9.03. The van der Waals surface area contributed by atoms with E-state index in [1.807, 2.05) is 36.4 Å². The molecule has 0 aromatic heterocycles. The number of nitriles is 1. The summed E-state index contributed by atoms with van der Waals surface area (Å²) in [5, 5.41) is 9.03. The normalized spacial score (nSPS) is 12.6. The van der Waals surface area contributed by atoms with Crippen LogP contribution in [0, 0.1) is 11.3 Å². The standard InChI is InChI=1S/C16H13NO3/c17-10-12-3-1-2-4-13(12)11-20-14-5-6-15-16(9-14)19-8-7-18-15/h1-6,9H,7-8,11H2. The summed E-state index contributed by atoms with van der Waals surface area (Å²) in [5.74, 6) is 2.13. The van der Waals surface area contributed by atoms with E-state index in [4.69, 9.17) is 19.5 Å². The van der Waals surface area contributed by atoms with Crippen LogP contribution < -0.4 is 14.2 Å². The first-order valence-electron chi connectivity index (χ1n) is 6.37. The van der Waals surface area contributed by atoms with E-state index in [0.717, 1.165) is 11.3 Å². The van der Waals surface area contributed by atoms with Gasteiger partial charge in [0.1, 0.15) is 25.6 Å². The van der Waals surface area contributed by atoms with E-state index < -0.39 is 0 Å². The molecule has 2 aromatic rings. The van der Waals surface area contributed by atoms with Crippen LogP contribution in [0.1, 0.15) is 11.1 Å². The Morgan fingerprint density at radius 2 is 1.85 bits per heavy atom. The molecule has 0 atom stereocenters. The number of hydrogen-bond acceptors (Lipinski definition) is 4. The van der Waals surface area contributed by atoms with Gasteiger partial charge in [-0.25, -0.2) is 0 Å². The van der Waals surface area contributed by atoms with Crippen molar-refractivity contribution in [3.63, 3.8) is 0 Å². The zero-order valence-electron chi connectivity index (χ0n) is 10.8. The fraction of sp³-hybridized carbons (Fsp3) is 0.188. The fourth-order valence-corrected chi connectivity index (χ4v) is 2.03. The van der Waals surface area contributed by atoms with Crippen molar-refractivity contribution in [1.82, 2.24) is 0 Å². The number of benzene rings is 2. The third kappa shape index (κ3) is 2.52. The summed E-state index contributed by atoms with van der Waals surface area (Å²) in [5.41, 5.74) is 1.50. The van der Waals surface area contributed by atoms with Crippen LogP contribution in [0.4, 0.5) is 0 Å². The lowest BCUT2D eigenvalue weighted by Crippen LogP contribution is -2.15. The molecule has 1 heterocycles. The first-order valence-corrected chi connectivity index (χ1v) is 6.37. The van der Waals surface area contributed by atoms with Crippen LogP contribution >= 0.6 is 0 Å². The van der Waals surface area contributed by atoms with Gasteiger partial charge < -0.3 is 14.2 Å². The van der Waals surface area contributed by atoms with Crippen molar-refractivity contribution in [3.05, 3.63) is 53.6 Å². The zero-order chi connectivity index (χ0) is 13.8. The Balaban J connectivity index is 1.74.